The Balaban J connectivity index is 2.13. The van der Waals surface area contributed by atoms with Crippen molar-refractivity contribution in [3.05, 3.63) is 0 Å². The number of amides is 1. The summed E-state index contributed by atoms with van der Waals surface area (Å²) in [6.07, 6.45) is 2.30. The number of carbonyl (C=O) groups excluding carboxylic acids is 1. The van der Waals surface area contributed by atoms with Crippen molar-refractivity contribution in [2.45, 2.75) is 25.8 Å². The summed E-state index contributed by atoms with van der Waals surface area (Å²) in [6, 6.07) is 0.621. The van der Waals surface area contributed by atoms with Gasteiger partial charge in [0.05, 0.1) is 6.54 Å². The van der Waals surface area contributed by atoms with Crippen LogP contribution < -0.4 is 5.32 Å². The fraction of sp³-hybridized carbons (Fsp3) is 0.929. The molecule has 19 heavy (non-hydrogen) atoms. The molecule has 0 aromatic rings. The van der Waals surface area contributed by atoms with Crippen LogP contribution >= 0.6 is 0 Å². The predicted molar refractivity (Wildman–Crippen MR) is 79.3 cm³/mol. The quantitative estimate of drug-likeness (QED) is 0.711. The topological polar surface area (TPSA) is 38.8 Å². The minimum absolute atomic E-state index is 0.205. The van der Waals surface area contributed by atoms with Gasteiger partial charge in [-0.25, -0.2) is 0 Å². The number of carbonyl (C=O) groups is 1. The Hall–Kier alpha value is -0.650. The Bertz CT molecular complexity index is 262. The van der Waals surface area contributed by atoms with Crippen LogP contribution in [0.1, 0.15) is 19.8 Å². The Morgan fingerprint density at radius 1 is 1.26 bits per heavy atom. The maximum atomic E-state index is 11.6. The molecule has 5 heteroatoms. The molecule has 0 radical (unpaired) electrons. The molecular formula is C14H30N4O. The molecule has 0 aliphatic carbocycles. The summed E-state index contributed by atoms with van der Waals surface area (Å²) >= 11 is 0. The van der Waals surface area contributed by atoms with Crippen LogP contribution in [0.5, 0.6) is 0 Å². The van der Waals surface area contributed by atoms with Crippen molar-refractivity contribution in [1.29, 1.82) is 0 Å². The molecule has 1 fully saturated rings. The zero-order valence-corrected chi connectivity index (χ0v) is 13.0. The fourth-order valence-corrected chi connectivity index (χ4v) is 2.25. The average Bonchev–Trinajstić information content (AvgIpc) is 2.40. The molecule has 1 heterocycles. The number of likely N-dealkylation sites (tertiary alicyclic amines) is 1. The van der Waals surface area contributed by atoms with Crippen molar-refractivity contribution in [1.82, 2.24) is 20.0 Å². The second kappa shape index (κ2) is 8.51. The van der Waals surface area contributed by atoms with E-state index in [9.17, 15) is 4.79 Å². The number of rotatable bonds is 7. The molecular weight excluding hydrogens is 240 g/mol. The Kier molecular flexibility index (Phi) is 7.34. The van der Waals surface area contributed by atoms with Crippen LogP contribution in [0.15, 0.2) is 0 Å². The van der Waals surface area contributed by atoms with Crippen LogP contribution in [0.25, 0.3) is 0 Å². The smallest absolute Gasteiger partial charge is 0.236 e. The number of piperidine rings is 1. The molecule has 0 aromatic heterocycles. The first-order valence-electron chi connectivity index (χ1n) is 7.37. The highest BCUT2D eigenvalue weighted by molar-refractivity contribution is 5.77. The third-order valence-corrected chi connectivity index (χ3v) is 3.91. The van der Waals surface area contributed by atoms with Gasteiger partial charge in [-0.2, -0.15) is 0 Å². The van der Waals surface area contributed by atoms with Crippen molar-refractivity contribution >= 4 is 5.91 Å². The summed E-state index contributed by atoms with van der Waals surface area (Å²) in [6.45, 7) is 8.08. The minimum Gasteiger partial charge on any atom is -0.348 e. The summed E-state index contributed by atoms with van der Waals surface area (Å²) in [5, 5.41) is 3.62. The third kappa shape index (κ3) is 6.36. The summed E-state index contributed by atoms with van der Waals surface area (Å²) < 4.78 is 0. The number of likely N-dealkylation sites (N-methyl/N-ethyl adjacent to an activating group) is 2. The summed E-state index contributed by atoms with van der Waals surface area (Å²) in [5.74, 6) is 0.205. The largest absolute Gasteiger partial charge is 0.348 e. The Morgan fingerprint density at radius 3 is 2.42 bits per heavy atom. The molecule has 1 rings (SSSR count). The lowest BCUT2D eigenvalue weighted by Crippen LogP contribution is -2.47. The van der Waals surface area contributed by atoms with Crippen LogP contribution in [0.4, 0.5) is 0 Å². The maximum Gasteiger partial charge on any atom is 0.236 e. The van der Waals surface area contributed by atoms with Crippen molar-refractivity contribution in [2.24, 2.45) is 0 Å². The molecule has 0 atom stereocenters. The Morgan fingerprint density at radius 2 is 1.89 bits per heavy atom. The second-order valence-electron chi connectivity index (χ2n) is 5.69. The zero-order valence-electron chi connectivity index (χ0n) is 13.0. The van der Waals surface area contributed by atoms with Crippen molar-refractivity contribution < 1.29 is 4.79 Å². The van der Waals surface area contributed by atoms with Gasteiger partial charge in [0.2, 0.25) is 5.91 Å². The van der Waals surface area contributed by atoms with Crippen LogP contribution in [-0.2, 0) is 4.79 Å². The van der Waals surface area contributed by atoms with E-state index in [0.717, 1.165) is 45.6 Å². The molecule has 1 saturated heterocycles. The number of nitrogens with zero attached hydrogens (tertiary/aromatic N) is 3. The van der Waals surface area contributed by atoms with E-state index < -0.39 is 0 Å². The van der Waals surface area contributed by atoms with E-state index in [1.54, 1.807) is 4.90 Å². The number of hydrogen-bond acceptors (Lipinski definition) is 4. The highest BCUT2D eigenvalue weighted by atomic mass is 16.2. The molecule has 0 spiro atoms. The van der Waals surface area contributed by atoms with Crippen LogP contribution in [-0.4, -0.2) is 87.1 Å². The van der Waals surface area contributed by atoms with Gasteiger partial charge in [-0.15, -0.1) is 0 Å². The highest BCUT2D eigenvalue weighted by Gasteiger charge is 2.20. The normalized spacial score (nSPS) is 17.9. The first kappa shape index (κ1) is 16.4. The number of hydrogen-bond donors (Lipinski definition) is 1. The zero-order chi connectivity index (χ0) is 14.3. The molecule has 112 valence electrons. The van der Waals surface area contributed by atoms with Gasteiger partial charge in [0.1, 0.15) is 0 Å². The van der Waals surface area contributed by atoms with E-state index in [4.69, 9.17) is 0 Å². The highest BCUT2D eigenvalue weighted by Crippen LogP contribution is 2.10. The van der Waals surface area contributed by atoms with Crippen LogP contribution in [0.2, 0.25) is 0 Å². The molecule has 0 bridgehead atoms. The first-order chi connectivity index (χ1) is 9.02. The van der Waals surface area contributed by atoms with Crippen molar-refractivity contribution in [2.75, 3.05) is 60.4 Å². The van der Waals surface area contributed by atoms with E-state index in [-0.39, 0.29) is 5.91 Å². The Labute approximate surface area is 117 Å². The molecule has 1 N–H and O–H groups in total. The van der Waals surface area contributed by atoms with Crippen molar-refractivity contribution in [3.8, 4) is 0 Å². The standard InChI is InChI=1S/C14H30N4O/c1-5-17(4)11-8-15-13-6-9-18(10-7-13)12-14(19)16(2)3/h13,15H,5-12H2,1-4H3. The lowest BCUT2D eigenvalue weighted by atomic mass is 10.1. The maximum absolute atomic E-state index is 11.6. The summed E-state index contributed by atoms with van der Waals surface area (Å²) in [7, 11) is 5.79. The van der Waals surface area contributed by atoms with Gasteiger partial charge in [0.15, 0.2) is 0 Å². The van der Waals surface area contributed by atoms with Gasteiger partial charge < -0.3 is 15.1 Å². The monoisotopic (exact) mass is 270 g/mol. The van der Waals surface area contributed by atoms with Gasteiger partial charge >= 0.3 is 0 Å². The first-order valence-corrected chi connectivity index (χ1v) is 7.37. The van der Waals surface area contributed by atoms with E-state index in [1.165, 1.54) is 0 Å². The van der Waals surface area contributed by atoms with Gasteiger partial charge in [0, 0.05) is 46.3 Å². The molecule has 5 nitrogen and oxygen atoms in total. The van der Waals surface area contributed by atoms with Gasteiger partial charge in [0.25, 0.3) is 0 Å². The summed E-state index contributed by atoms with van der Waals surface area (Å²) in [4.78, 5) is 17.9. The third-order valence-electron chi connectivity index (χ3n) is 3.91. The second-order valence-corrected chi connectivity index (χ2v) is 5.69. The molecule has 1 aliphatic heterocycles. The molecule has 0 unspecified atom stereocenters. The SMILES string of the molecule is CCN(C)CCNC1CCN(CC(=O)N(C)C)CC1. The van der Waals surface area contributed by atoms with E-state index in [1.807, 2.05) is 14.1 Å². The lowest BCUT2D eigenvalue weighted by Gasteiger charge is -2.32. The van der Waals surface area contributed by atoms with E-state index >= 15 is 0 Å². The van der Waals surface area contributed by atoms with Gasteiger partial charge in [-0.3, -0.25) is 9.69 Å². The minimum atomic E-state index is 0.205. The molecule has 0 aromatic carbocycles. The van der Waals surface area contributed by atoms with Crippen LogP contribution in [0.3, 0.4) is 0 Å². The summed E-state index contributed by atoms with van der Waals surface area (Å²) in [5.41, 5.74) is 0. The molecule has 1 aliphatic rings. The molecule has 0 saturated carbocycles. The van der Waals surface area contributed by atoms with Gasteiger partial charge in [-0.1, -0.05) is 6.92 Å². The fourth-order valence-electron chi connectivity index (χ4n) is 2.25. The molecule has 1 amide bonds. The van der Waals surface area contributed by atoms with Crippen molar-refractivity contribution in [3.63, 3.8) is 0 Å². The van der Waals surface area contributed by atoms with Crippen LogP contribution in [0, 0.1) is 0 Å². The number of nitrogens with one attached hydrogen (secondary N) is 1. The van der Waals surface area contributed by atoms with Gasteiger partial charge in [-0.05, 0) is 26.4 Å². The van der Waals surface area contributed by atoms with E-state index in [2.05, 4.69) is 29.1 Å². The van der Waals surface area contributed by atoms with E-state index in [0.29, 0.717) is 12.6 Å². The lowest BCUT2D eigenvalue weighted by molar-refractivity contribution is -0.130. The average molecular weight is 270 g/mol. The predicted octanol–water partition coefficient (Wildman–Crippen LogP) is 0.0803.